The van der Waals surface area contributed by atoms with Crippen molar-refractivity contribution in [2.45, 2.75) is 23.8 Å². The van der Waals surface area contributed by atoms with Gasteiger partial charge in [0.1, 0.15) is 11.3 Å². The first kappa shape index (κ1) is 15.7. The van der Waals surface area contributed by atoms with Crippen LogP contribution in [0, 0.1) is 6.92 Å². The number of thioether (sulfide) groups is 1. The molecule has 0 radical (unpaired) electrons. The van der Waals surface area contributed by atoms with E-state index in [1.54, 1.807) is 25.1 Å². The predicted octanol–water partition coefficient (Wildman–Crippen LogP) is 2.67. The van der Waals surface area contributed by atoms with Gasteiger partial charge >= 0.3 is 0 Å². The molecule has 0 bridgehead atoms. The molecule has 0 aliphatic rings. The monoisotopic (exact) mass is 304 g/mol. The summed E-state index contributed by atoms with van der Waals surface area (Å²) in [6, 6.07) is 11.5. The van der Waals surface area contributed by atoms with E-state index in [4.69, 9.17) is 10.2 Å². The van der Waals surface area contributed by atoms with Crippen LogP contribution in [0.4, 0.5) is 0 Å². The molecular weight excluding hydrogens is 284 g/mol. The maximum absolute atomic E-state index is 12.0. The van der Waals surface area contributed by atoms with Gasteiger partial charge in [0.15, 0.2) is 0 Å². The van der Waals surface area contributed by atoms with Crippen LogP contribution in [0.1, 0.15) is 17.7 Å². The van der Waals surface area contributed by atoms with Gasteiger partial charge in [-0.05, 0) is 32.0 Å². The highest BCUT2D eigenvalue weighted by Crippen LogP contribution is 2.30. The molecule has 0 aliphatic carbocycles. The average Bonchev–Trinajstić information content (AvgIpc) is 2.90. The van der Waals surface area contributed by atoms with Crippen molar-refractivity contribution in [3.8, 4) is 0 Å². The van der Waals surface area contributed by atoms with E-state index in [0.717, 1.165) is 22.0 Å². The molecule has 0 saturated carbocycles. The molecular formula is C16H20N2O2S. The Kier molecular flexibility index (Phi) is 5.09. The Hall–Kier alpha value is -1.72. The van der Waals surface area contributed by atoms with Gasteiger partial charge in [0.25, 0.3) is 0 Å². The fourth-order valence-corrected chi connectivity index (χ4v) is 3.39. The van der Waals surface area contributed by atoms with Gasteiger partial charge in [0.05, 0.1) is 6.26 Å². The molecule has 4 nitrogen and oxygen atoms in total. The minimum atomic E-state index is -0.841. The lowest BCUT2D eigenvalue weighted by atomic mass is 9.86. The second-order valence-electron chi connectivity index (χ2n) is 4.83. The molecule has 0 aliphatic heterocycles. The number of primary amides is 1. The van der Waals surface area contributed by atoms with Crippen molar-refractivity contribution < 1.29 is 9.21 Å². The lowest BCUT2D eigenvalue weighted by molar-refractivity contribution is -0.124. The van der Waals surface area contributed by atoms with Crippen molar-refractivity contribution in [3.63, 3.8) is 0 Å². The molecule has 5 heteroatoms. The van der Waals surface area contributed by atoms with Crippen molar-refractivity contribution in [1.82, 2.24) is 5.32 Å². The number of amides is 1. The summed E-state index contributed by atoms with van der Waals surface area (Å²) in [5, 5.41) is 3.11. The smallest absolute Gasteiger partial charge is 0.242 e. The molecule has 1 heterocycles. The standard InChI is InChI=1S/C16H20N2O2S/c1-12-14(8-10-20-12)21-11-9-16(18-2,15(17)19)13-6-4-3-5-7-13/h3-8,10,18H,9,11H2,1-2H3,(H2,17,19). The maximum atomic E-state index is 12.0. The Labute approximate surface area is 129 Å². The Morgan fingerprint density at radius 1 is 1.33 bits per heavy atom. The highest BCUT2D eigenvalue weighted by atomic mass is 32.2. The molecule has 1 amide bonds. The number of nitrogens with two attached hydrogens (primary N) is 1. The molecule has 112 valence electrons. The molecule has 1 atom stereocenters. The largest absolute Gasteiger partial charge is 0.468 e. The highest BCUT2D eigenvalue weighted by molar-refractivity contribution is 7.99. The molecule has 0 saturated heterocycles. The van der Waals surface area contributed by atoms with Crippen LogP contribution >= 0.6 is 11.8 Å². The van der Waals surface area contributed by atoms with Crippen molar-refractivity contribution in [2.24, 2.45) is 5.73 Å². The third-order valence-electron chi connectivity index (χ3n) is 3.66. The van der Waals surface area contributed by atoms with Crippen molar-refractivity contribution in [2.75, 3.05) is 12.8 Å². The Morgan fingerprint density at radius 3 is 2.57 bits per heavy atom. The van der Waals surface area contributed by atoms with Crippen LogP contribution < -0.4 is 11.1 Å². The molecule has 0 fully saturated rings. The van der Waals surface area contributed by atoms with E-state index < -0.39 is 5.54 Å². The Bertz CT molecular complexity index is 597. The number of carbonyl (C=O) groups is 1. The van der Waals surface area contributed by atoms with Crippen molar-refractivity contribution >= 4 is 17.7 Å². The summed E-state index contributed by atoms with van der Waals surface area (Å²) in [5.74, 6) is 1.30. The summed E-state index contributed by atoms with van der Waals surface area (Å²) in [7, 11) is 1.77. The Morgan fingerprint density at radius 2 is 2.05 bits per heavy atom. The van der Waals surface area contributed by atoms with Crippen LogP contribution in [0.5, 0.6) is 0 Å². The maximum Gasteiger partial charge on any atom is 0.242 e. The summed E-state index contributed by atoms with van der Waals surface area (Å²) in [6.07, 6.45) is 2.28. The third-order valence-corrected chi connectivity index (χ3v) is 4.80. The quantitative estimate of drug-likeness (QED) is 0.772. The fourth-order valence-electron chi connectivity index (χ4n) is 2.36. The fraction of sp³-hybridized carbons (Fsp3) is 0.312. The van der Waals surface area contributed by atoms with Gasteiger partial charge < -0.3 is 15.5 Å². The van der Waals surface area contributed by atoms with Gasteiger partial charge in [-0.3, -0.25) is 4.79 Å². The van der Waals surface area contributed by atoms with Gasteiger partial charge in [-0.15, -0.1) is 11.8 Å². The zero-order valence-corrected chi connectivity index (χ0v) is 13.1. The first-order chi connectivity index (χ1) is 10.1. The number of benzene rings is 1. The average molecular weight is 304 g/mol. The summed E-state index contributed by atoms with van der Waals surface area (Å²) < 4.78 is 5.28. The zero-order valence-electron chi connectivity index (χ0n) is 12.3. The van der Waals surface area contributed by atoms with E-state index in [1.807, 2.05) is 43.3 Å². The van der Waals surface area contributed by atoms with E-state index in [2.05, 4.69) is 5.32 Å². The van der Waals surface area contributed by atoms with E-state index in [1.165, 1.54) is 0 Å². The number of rotatable bonds is 7. The predicted molar refractivity (Wildman–Crippen MR) is 85.2 cm³/mol. The first-order valence-electron chi connectivity index (χ1n) is 6.81. The first-order valence-corrected chi connectivity index (χ1v) is 7.80. The van der Waals surface area contributed by atoms with Crippen molar-refractivity contribution in [1.29, 1.82) is 0 Å². The molecule has 0 spiro atoms. The summed E-state index contributed by atoms with van der Waals surface area (Å²) in [6.45, 7) is 1.93. The number of hydrogen-bond acceptors (Lipinski definition) is 4. The molecule has 2 aromatic rings. The second-order valence-corrected chi connectivity index (χ2v) is 5.96. The summed E-state index contributed by atoms with van der Waals surface area (Å²) in [4.78, 5) is 13.1. The SMILES string of the molecule is CNC(CCSc1ccoc1C)(C(N)=O)c1ccccc1. The number of likely N-dealkylation sites (N-methyl/N-ethyl adjacent to an activating group) is 1. The number of furan rings is 1. The summed E-state index contributed by atoms with van der Waals surface area (Å²) in [5.41, 5.74) is 5.73. The van der Waals surface area contributed by atoms with Gasteiger partial charge in [-0.2, -0.15) is 0 Å². The highest BCUT2D eigenvalue weighted by Gasteiger charge is 2.36. The molecule has 2 rings (SSSR count). The van der Waals surface area contributed by atoms with Crippen LogP contribution in [0.25, 0.3) is 0 Å². The molecule has 1 aromatic heterocycles. The van der Waals surface area contributed by atoms with Gasteiger partial charge in [-0.1, -0.05) is 30.3 Å². The van der Waals surface area contributed by atoms with Crippen LogP contribution in [-0.4, -0.2) is 18.7 Å². The Balaban J connectivity index is 2.14. The van der Waals surface area contributed by atoms with Crippen molar-refractivity contribution in [3.05, 3.63) is 54.0 Å². The molecule has 1 aromatic carbocycles. The third kappa shape index (κ3) is 3.31. The van der Waals surface area contributed by atoms with Crippen LogP contribution in [0.2, 0.25) is 0 Å². The van der Waals surface area contributed by atoms with Gasteiger partial charge in [-0.25, -0.2) is 0 Å². The molecule has 1 unspecified atom stereocenters. The lowest BCUT2D eigenvalue weighted by Crippen LogP contribution is -2.51. The number of carbonyl (C=O) groups excluding carboxylic acids is 1. The molecule has 3 N–H and O–H groups in total. The van der Waals surface area contributed by atoms with Crippen LogP contribution in [0.3, 0.4) is 0 Å². The number of hydrogen-bond donors (Lipinski definition) is 2. The lowest BCUT2D eigenvalue weighted by Gasteiger charge is -2.30. The van der Waals surface area contributed by atoms with E-state index in [-0.39, 0.29) is 5.91 Å². The zero-order chi connectivity index (χ0) is 15.3. The molecule has 21 heavy (non-hydrogen) atoms. The van der Waals surface area contributed by atoms with E-state index in [9.17, 15) is 4.79 Å². The van der Waals surface area contributed by atoms with E-state index in [0.29, 0.717) is 6.42 Å². The van der Waals surface area contributed by atoms with Gasteiger partial charge in [0.2, 0.25) is 5.91 Å². The van der Waals surface area contributed by atoms with Gasteiger partial charge in [0, 0.05) is 10.6 Å². The van der Waals surface area contributed by atoms with E-state index >= 15 is 0 Å². The number of nitrogens with one attached hydrogen (secondary N) is 1. The topological polar surface area (TPSA) is 68.3 Å². The van der Waals surface area contributed by atoms with Crippen LogP contribution in [0.15, 0.2) is 52.0 Å². The minimum Gasteiger partial charge on any atom is -0.468 e. The second kappa shape index (κ2) is 6.83. The van der Waals surface area contributed by atoms with Crippen LogP contribution in [-0.2, 0) is 10.3 Å². The number of aryl methyl sites for hydroxylation is 1. The normalized spacial score (nSPS) is 13.8. The summed E-state index contributed by atoms with van der Waals surface area (Å²) >= 11 is 1.67. The minimum absolute atomic E-state index is 0.360.